The topological polar surface area (TPSA) is 33.6 Å². The molecule has 3 rings (SSSR count). The van der Waals surface area contributed by atoms with Gasteiger partial charge in [-0.05, 0) is 42.4 Å². The van der Waals surface area contributed by atoms with Crippen LogP contribution in [0.15, 0.2) is 48.5 Å². The van der Waals surface area contributed by atoms with E-state index in [1.54, 1.807) is 22.8 Å². The highest BCUT2D eigenvalue weighted by Gasteiger charge is 2.15. The van der Waals surface area contributed by atoms with E-state index < -0.39 is 0 Å². The second-order valence-electron chi connectivity index (χ2n) is 4.65. The number of hydrogen-bond donors (Lipinski definition) is 1. The van der Waals surface area contributed by atoms with Crippen LogP contribution in [0.5, 0.6) is 0 Å². The fourth-order valence-electron chi connectivity index (χ4n) is 2.37. The minimum atomic E-state index is -0.318. The van der Waals surface area contributed by atoms with Gasteiger partial charge in [-0.1, -0.05) is 37.3 Å². The predicted molar refractivity (Wildman–Crippen MR) is 83.5 cm³/mol. The Balaban J connectivity index is 2.28. The summed E-state index contributed by atoms with van der Waals surface area (Å²) in [7, 11) is 0. The number of halogens is 1. The minimum Gasteiger partial charge on any atom is -0.268 e. The summed E-state index contributed by atoms with van der Waals surface area (Å²) >= 11 is 5.33. The number of rotatable bonds is 3. The average Bonchev–Trinajstić information content (AvgIpc) is 2.89. The summed E-state index contributed by atoms with van der Waals surface area (Å²) in [6.45, 7) is 2.07. The van der Waals surface area contributed by atoms with Crippen LogP contribution in [0.4, 0.5) is 4.39 Å². The lowest BCUT2D eigenvalue weighted by molar-refractivity contribution is 0.629. The van der Waals surface area contributed by atoms with Gasteiger partial charge in [0.1, 0.15) is 5.82 Å². The van der Waals surface area contributed by atoms with Crippen LogP contribution in [0.3, 0.4) is 0 Å². The van der Waals surface area contributed by atoms with Crippen LogP contribution in [-0.2, 0) is 6.42 Å². The number of benzene rings is 2. The third-order valence-corrected chi connectivity index (χ3v) is 3.67. The summed E-state index contributed by atoms with van der Waals surface area (Å²) < 4.78 is 16.3. The van der Waals surface area contributed by atoms with Crippen molar-refractivity contribution in [3.05, 3.63) is 64.7 Å². The number of aryl methyl sites for hydroxylation is 1. The number of H-pyrrole nitrogens is 1. The second-order valence-corrected chi connectivity index (χ2v) is 5.04. The SMILES string of the molecule is CCc1ccccc1-n1c(-c2ccccc2F)n[nH]c1=S. The lowest BCUT2D eigenvalue weighted by atomic mass is 10.1. The van der Waals surface area contributed by atoms with E-state index in [-0.39, 0.29) is 5.82 Å². The minimum absolute atomic E-state index is 0.318. The first kappa shape index (κ1) is 13.7. The molecule has 0 atom stereocenters. The zero-order valence-electron chi connectivity index (χ0n) is 11.5. The summed E-state index contributed by atoms with van der Waals surface area (Å²) in [5, 5.41) is 6.97. The fourth-order valence-corrected chi connectivity index (χ4v) is 2.60. The van der Waals surface area contributed by atoms with E-state index >= 15 is 0 Å². The van der Waals surface area contributed by atoms with Gasteiger partial charge in [-0.15, -0.1) is 0 Å². The number of hydrogen-bond acceptors (Lipinski definition) is 2. The summed E-state index contributed by atoms with van der Waals surface area (Å²) in [6, 6.07) is 14.5. The summed E-state index contributed by atoms with van der Waals surface area (Å²) in [6.07, 6.45) is 0.861. The number of para-hydroxylation sites is 1. The summed E-state index contributed by atoms with van der Waals surface area (Å²) in [5.41, 5.74) is 2.49. The van der Waals surface area contributed by atoms with Gasteiger partial charge in [-0.3, -0.25) is 9.67 Å². The zero-order chi connectivity index (χ0) is 14.8. The van der Waals surface area contributed by atoms with Gasteiger partial charge >= 0.3 is 0 Å². The van der Waals surface area contributed by atoms with Crippen molar-refractivity contribution in [1.29, 1.82) is 0 Å². The molecular formula is C16H14FN3S. The van der Waals surface area contributed by atoms with Crippen molar-refractivity contribution in [2.24, 2.45) is 0 Å². The summed E-state index contributed by atoms with van der Waals surface area (Å²) in [4.78, 5) is 0. The monoisotopic (exact) mass is 299 g/mol. The molecule has 1 heterocycles. The smallest absolute Gasteiger partial charge is 0.200 e. The van der Waals surface area contributed by atoms with E-state index in [9.17, 15) is 4.39 Å². The van der Waals surface area contributed by atoms with Crippen LogP contribution >= 0.6 is 12.2 Å². The normalized spacial score (nSPS) is 10.8. The van der Waals surface area contributed by atoms with E-state index in [2.05, 4.69) is 17.1 Å². The number of aromatic nitrogens is 3. The molecule has 1 aromatic heterocycles. The van der Waals surface area contributed by atoms with Crippen LogP contribution in [0.2, 0.25) is 0 Å². The Hall–Kier alpha value is -2.27. The summed E-state index contributed by atoms with van der Waals surface area (Å²) in [5.74, 6) is 0.167. The Bertz CT molecular complexity index is 835. The van der Waals surface area contributed by atoms with E-state index in [1.807, 2.05) is 24.3 Å². The van der Waals surface area contributed by atoms with Crippen LogP contribution in [0.1, 0.15) is 12.5 Å². The molecule has 0 saturated heterocycles. The van der Waals surface area contributed by atoms with Gasteiger partial charge in [0.2, 0.25) is 0 Å². The van der Waals surface area contributed by atoms with Gasteiger partial charge in [0.25, 0.3) is 0 Å². The first-order valence-electron chi connectivity index (χ1n) is 6.73. The molecule has 3 aromatic rings. The Labute approximate surface area is 127 Å². The molecule has 0 saturated carbocycles. The van der Waals surface area contributed by atoms with Crippen LogP contribution in [0, 0.1) is 10.6 Å². The molecule has 0 aliphatic rings. The van der Waals surface area contributed by atoms with E-state index in [4.69, 9.17) is 12.2 Å². The number of nitrogens with one attached hydrogen (secondary N) is 1. The molecule has 0 aliphatic carbocycles. The molecule has 0 spiro atoms. The first-order valence-corrected chi connectivity index (χ1v) is 7.13. The third kappa shape index (κ3) is 2.40. The Morgan fingerprint density at radius 2 is 1.86 bits per heavy atom. The van der Waals surface area contributed by atoms with Crippen molar-refractivity contribution >= 4 is 12.2 Å². The molecule has 21 heavy (non-hydrogen) atoms. The maximum Gasteiger partial charge on any atom is 0.200 e. The molecule has 2 aromatic carbocycles. The maximum absolute atomic E-state index is 14.1. The molecule has 0 fully saturated rings. The molecule has 0 amide bonds. The van der Waals surface area contributed by atoms with Crippen molar-refractivity contribution in [2.45, 2.75) is 13.3 Å². The quantitative estimate of drug-likeness (QED) is 0.732. The standard InChI is InChI=1S/C16H14FN3S/c1-2-11-7-3-6-10-14(11)20-15(18-19-16(20)21)12-8-4-5-9-13(12)17/h3-10H,2H2,1H3,(H,19,21). The van der Waals surface area contributed by atoms with Crippen LogP contribution < -0.4 is 0 Å². The fraction of sp³-hybridized carbons (Fsp3) is 0.125. The van der Waals surface area contributed by atoms with Gasteiger partial charge in [-0.2, -0.15) is 5.10 Å². The molecular weight excluding hydrogens is 285 g/mol. The number of aromatic amines is 1. The van der Waals surface area contributed by atoms with Gasteiger partial charge in [0.15, 0.2) is 10.6 Å². The molecule has 1 N–H and O–H groups in total. The molecule has 5 heteroatoms. The molecule has 0 unspecified atom stereocenters. The van der Waals surface area contributed by atoms with Crippen molar-refractivity contribution in [3.63, 3.8) is 0 Å². The van der Waals surface area contributed by atoms with Crippen molar-refractivity contribution in [3.8, 4) is 17.1 Å². The van der Waals surface area contributed by atoms with Gasteiger partial charge in [0.05, 0.1) is 11.3 Å². The van der Waals surface area contributed by atoms with Gasteiger partial charge in [-0.25, -0.2) is 4.39 Å². The van der Waals surface area contributed by atoms with Crippen LogP contribution in [-0.4, -0.2) is 14.8 Å². The Morgan fingerprint density at radius 1 is 1.14 bits per heavy atom. The molecule has 0 radical (unpaired) electrons. The Morgan fingerprint density at radius 3 is 2.62 bits per heavy atom. The van der Waals surface area contributed by atoms with Crippen LogP contribution in [0.25, 0.3) is 17.1 Å². The molecule has 3 nitrogen and oxygen atoms in total. The highest BCUT2D eigenvalue weighted by molar-refractivity contribution is 7.71. The Kier molecular flexibility index (Phi) is 3.66. The average molecular weight is 299 g/mol. The highest BCUT2D eigenvalue weighted by atomic mass is 32.1. The number of nitrogens with zero attached hydrogens (tertiary/aromatic N) is 2. The molecule has 0 aliphatic heterocycles. The van der Waals surface area contributed by atoms with E-state index in [0.717, 1.165) is 17.7 Å². The van der Waals surface area contributed by atoms with Crippen molar-refractivity contribution in [1.82, 2.24) is 14.8 Å². The van der Waals surface area contributed by atoms with Gasteiger partial charge < -0.3 is 0 Å². The van der Waals surface area contributed by atoms with E-state index in [0.29, 0.717) is 16.2 Å². The van der Waals surface area contributed by atoms with Crippen molar-refractivity contribution in [2.75, 3.05) is 0 Å². The van der Waals surface area contributed by atoms with Crippen molar-refractivity contribution < 1.29 is 4.39 Å². The third-order valence-electron chi connectivity index (χ3n) is 3.40. The molecule has 0 bridgehead atoms. The second kappa shape index (κ2) is 5.61. The lowest BCUT2D eigenvalue weighted by Gasteiger charge is -2.11. The lowest BCUT2D eigenvalue weighted by Crippen LogP contribution is -2.02. The maximum atomic E-state index is 14.1. The highest BCUT2D eigenvalue weighted by Crippen LogP contribution is 2.25. The zero-order valence-corrected chi connectivity index (χ0v) is 12.3. The van der Waals surface area contributed by atoms with Gasteiger partial charge in [0, 0.05) is 0 Å². The first-order chi connectivity index (χ1) is 10.2. The predicted octanol–water partition coefficient (Wildman–Crippen LogP) is 4.30. The largest absolute Gasteiger partial charge is 0.268 e. The van der Waals surface area contributed by atoms with E-state index in [1.165, 1.54) is 6.07 Å². The molecule has 106 valence electrons.